The van der Waals surface area contributed by atoms with Gasteiger partial charge < -0.3 is 19.7 Å². The largest absolute Gasteiger partial charge is 0.507 e. The highest BCUT2D eigenvalue weighted by Gasteiger charge is 2.13. The number of methoxy groups -OCH3 is 2. The van der Waals surface area contributed by atoms with Crippen molar-refractivity contribution in [2.24, 2.45) is 0 Å². The van der Waals surface area contributed by atoms with Crippen molar-refractivity contribution in [2.75, 3.05) is 14.2 Å². The Hall–Kier alpha value is -3.14. The van der Waals surface area contributed by atoms with E-state index >= 15 is 0 Å². The predicted octanol–water partition coefficient (Wildman–Crippen LogP) is 6.95. The van der Waals surface area contributed by atoms with Gasteiger partial charge in [0, 0.05) is 0 Å². The van der Waals surface area contributed by atoms with Crippen LogP contribution in [0.25, 0.3) is 6.08 Å². The molecule has 2 N–H and O–H groups in total. The van der Waals surface area contributed by atoms with E-state index in [4.69, 9.17) is 9.47 Å². The van der Waals surface area contributed by atoms with E-state index in [1.54, 1.807) is 12.1 Å². The van der Waals surface area contributed by atoms with Crippen LogP contribution in [0.5, 0.6) is 23.0 Å². The first-order valence-electron chi connectivity index (χ1n) is 10.9. The van der Waals surface area contributed by atoms with Gasteiger partial charge in [0.15, 0.2) is 11.5 Å². The third-order valence-corrected chi connectivity index (χ3v) is 5.36. The fraction of sp³-hybridized carbons (Fsp3) is 0.357. The Bertz CT molecular complexity index is 954. The highest BCUT2D eigenvalue weighted by atomic mass is 16.5. The van der Waals surface area contributed by atoms with Crippen LogP contribution in [0.2, 0.25) is 0 Å². The summed E-state index contributed by atoms with van der Waals surface area (Å²) in [6, 6.07) is 7.73. The zero-order valence-electron chi connectivity index (χ0n) is 20.3. The Kier molecular flexibility index (Phi) is 9.01. The fourth-order valence-electron chi connectivity index (χ4n) is 3.37. The molecule has 0 heterocycles. The molecule has 0 aliphatic heterocycles. The Balaban J connectivity index is 2.42. The summed E-state index contributed by atoms with van der Waals surface area (Å²) in [5.41, 5.74) is 6.35. The van der Waals surface area contributed by atoms with E-state index in [1.165, 1.54) is 25.4 Å². The molecular weight excluding hydrogens is 400 g/mol. The van der Waals surface area contributed by atoms with Crippen molar-refractivity contribution in [1.29, 1.82) is 0 Å². The second kappa shape index (κ2) is 11.5. The Morgan fingerprint density at radius 1 is 0.812 bits per heavy atom. The summed E-state index contributed by atoms with van der Waals surface area (Å²) in [5, 5.41) is 21.0. The van der Waals surface area contributed by atoms with Crippen molar-refractivity contribution in [3.8, 4) is 23.0 Å². The quantitative estimate of drug-likeness (QED) is 0.418. The van der Waals surface area contributed by atoms with E-state index in [9.17, 15) is 10.2 Å². The fourth-order valence-corrected chi connectivity index (χ4v) is 3.37. The molecule has 0 aromatic heterocycles. The van der Waals surface area contributed by atoms with Crippen LogP contribution in [0.4, 0.5) is 0 Å². The van der Waals surface area contributed by atoms with Crippen LogP contribution in [-0.2, 0) is 12.8 Å². The third-order valence-electron chi connectivity index (χ3n) is 5.36. The van der Waals surface area contributed by atoms with Crippen LogP contribution in [0, 0.1) is 0 Å². The molecule has 0 aliphatic rings. The van der Waals surface area contributed by atoms with Gasteiger partial charge in [0.25, 0.3) is 0 Å². The molecule has 0 saturated heterocycles. The molecule has 0 amide bonds. The Morgan fingerprint density at radius 3 is 1.69 bits per heavy atom. The molecule has 1 unspecified atom stereocenters. The van der Waals surface area contributed by atoms with E-state index in [0.29, 0.717) is 30.1 Å². The van der Waals surface area contributed by atoms with Crippen molar-refractivity contribution < 1.29 is 19.7 Å². The minimum Gasteiger partial charge on any atom is -0.507 e. The number of hydrogen-bond donors (Lipinski definition) is 2. The van der Waals surface area contributed by atoms with Gasteiger partial charge in [-0.1, -0.05) is 54.5 Å². The average Bonchev–Trinajstić information content (AvgIpc) is 2.76. The molecule has 2 aromatic carbocycles. The maximum atomic E-state index is 10.8. The van der Waals surface area contributed by atoms with Gasteiger partial charge in [-0.25, -0.2) is 0 Å². The summed E-state index contributed by atoms with van der Waals surface area (Å²) in [4.78, 5) is 0. The molecule has 0 aliphatic carbocycles. The summed E-state index contributed by atoms with van der Waals surface area (Å²) in [7, 11) is 3.03. The van der Waals surface area contributed by atoms with Crippen LogP contribution < -0.4 is 9.47 Å². The van der Waals surface area contributed by atoms with E-state index < -0.39 is 0 Å². The standard InChI is InChI=1S/C28H36O4/c1-18(2)8-12-22-16-24(17-23(27(22)29)13-9-19(3)4)20(5)10-11-21-14-25(31-6)28(30)26(15-21)32-7/h8-11,14-17,20,29-30H,12-13H2,1-7H3/b11-10+. The summed E-state index contributed by atoms with van der Waals surface area (Å²) in [6.45, 7) is 10.4. The molecule has 0 fully saturated rings. The summed E-state index contributed by atoms with van der Waals surface area (Å²) in [5.74, 6) is 1.24. The van der Waals surface area contributed by atoms with E-state index in [0.717, 1.165) is 22.3 Å². The first-order valence-corrected chi connectivity index (χ1v) is 10.9. The number of phenols is 2. The van der Waals surface area contributed by atoms with Gasteiger partial charge in [-0.05, 0) is 80.8 Å². The Morgan fingerprint density at radius 2 is 1.28 bits per heavy atom. The van der Waals surface area contributed by atoms with E-state index in [2.05, 4.69) is 65.0 Å². The molecule has 0 radical (unpaired) electrons. The number of aromatic hydroxyl groups is 2. The molecule has 32 heavy (non-hydrogen) atoms. The molecule has 2 rings (SSSR count). The first kappa shape index (κ1) is 25.1. The monoisotopic (exact) mass is 436 g/mol. The molecule has 2 aromatic rings. The van der Waals surface area contributed by atoms with Gasteiger partial charge in [0.05, 0.1) is 14.2 Å². The molecule has 0 bridgehead atoms. The van der Waals surface area contributed by atoms with Gasteiger partial charge in [-0.3, -0.25) is 0 Å². The zero-order chi connectivity index (χ0) is 23.8. The van der Waals surface area contributed by atoms with Crippen molar-refractivity contribution in [2.45, 2.75) is 53.4 Å². The van der Waals surface area contributed by atoms with Crippen LogP contribution in [0.1, 0.15) is 62.8 Å². The topological polar surface area (TPSA) is 58.9 Å². The van der Waals surface area contributed by atoms with Gasteiger partial charge in [0.2, 0.25) is 5.75 Å². The highest BCUT2D eigenvalue weighted by molar-refractivity contribution is 5.62. The maximum Gasteiger partial charge on any atom is 0.200 e. The molecule has 172 valence electrons. The lowest BCUT2D eigenvalue weighted by Crippen LogP contribution is -1.97. The van der Waals surface area contributed by atoms with Gasteiger partial charge in [-0.2, -0.15) is 0 Å². The molecule has 4 heteroatoms. The van der Waals surface area contributed by atoms with Gasteiger partial charge in [-0.15, -0.1) is 0 Å². The number of hydrogen-bond acceptors (Lipinski definition) is 4. The lowest BCUT2D eigenvalue weighted by Gasteiger charge is -2.15. The lowest BCUT2D eigenvalue weighted by molar-refractivity contribution is 0.340. The number of allylic oxidation sites excluding steroid dienone is 5. The molecule has 4 nitrogen and oxygen atoms in total. The van der Waals surface area contributed by atoms with E-state index in [1.807, 2.05) is 6.08 Å². The van der Waals surface area contributed by atoms with Crippen molar-refractivity contribution in [1.82, 2.24) is 0 Å². The van der Waals surface area contributed by atoms with Crippen LogP contribution in [0.3, 0.4) is 0 Å². The smallest absolute Gasteiger partial charge is 0.200 e. The Labute approximate surface area is 192 Å². The molecule has 0 spiro atoms. The molecule has 1 atom stereocenters. The second-order valence-electron chi connectivity index (χ2n) is 8.58. The second-order valence-corrected chi connectivity index (χ2v) is 8.58. The van der Waals surface area contributed by atoms with Crippen LogP contribution in [-0.4, -0.2) is 24.4 Å². The van der Waals surface area contributed by atoms with Crippen LogP contribution in [0.15, 0.2) is 53.6 Å². The SMILES string of the molecule is COc1cc(/C=C/C(C)c2cc(CC=C(C)C)c(O)c(CC=C(C)C)c2)cc(OC)c1O. The van der Waals surface area contributed by atoms with Gasteiger partial charge in [0.1, 0.15) is 5.75 Å². The minimum absolute atomic E-state index is 0.00781. The minimum atomic E-state index is -0.00781. The number of rotatable bonds is 9. The normalized spacial score (nSPS) is 11.8. The summed E-state index contributed by atoms with van der Waals surface area (Å²) >= 11 is 0. The third kappa shape index (κ3) is 6.68. The summed E-state index contributed by atoms with van der Waals surface area (Å²) in [6.07, 6.45) is 9.78. The van der Waals surface area contributed by atoms with Crippen molar-refractivity contribution in [3.63, 3.8) is 0 Å². The zero-order valence-corrected chi connectivity index (χ0v) is 20.3. The average molecular weight is 437 g/mol. The van der Waals surface area contributed by atoms with Crippen LogP contribution >= 0.6 is 0 Å². The summed E-state index contributed by atoms with van der Waals surface area (Å²) < 4.78 is 10.5. The highest BCUT2D eigenvalue weighted by Crippen LogP contribution is 2.38. The van der Waals surface area contributed by atoms with Crippen molar-refractivity contribution in [3.05, 3.63) is 75.9 Å². The number of phenolic OH excluding ortho intramolecular Hbond substituents is 2. The molecule has 0 saturated carbocycles. The first-order chi connectivity index (χ1) is 15.2. The van der Waals surface area contributed by atoms with Gasteiger partial charge >= 0.3 is 0 Å². The number of ether oxygens (including phenoxy) is 2. The molecular formula is C28H36O4. The lowest BCUT2D eigenvalue weighted by atomic mass is 9.92. The van der Waals surface area contributed by atoms with Crippen molar-refractivity contribution >= 4 is 6.08 Å². The van der Waals surface area contributed by atoms with E-state index in [-0.39, 0.29) is 11.7 Å². The number of benzene rings is 2. The maximum absolute atomic E-state index is 10.8. The predicted molar refractivity (Wildman–Crippen MR) is 133 cm³/mol.